The molecule has 0 aromatic carbocycles. The third-order valence-electron chi connectivity index (χ3n) is 3.99. The number of hydrogen-bond donors (Lipinski definition) is 2. The van der Waals surface area contributed by atoms with Gasteiger partial charge in [0.05, 0.1) is 11.6 Å². The van der Waals surface area contributed by atoms with Crippen LogP contribution in [-0.2, 0) is 7.05 Å². The number of aryl methyl sites for hydroxylation is 1. The molecule has 0 aliphatic carbocycles. The van der Waals surface area contributed by atoms with Crippen molar-refractivity contribution in [3.8, 4) is 0 Å². The lowest BCUT2D eigenvalue weighted by Crippen LogP contribution is -2.45. The van der Waals surface area contributed by atoms with Crippen molar-refractivity contribution in [2.45, 2.75) is 6.42 Å². The number of aliphatic hydroxyl groups excluding tert-OH is 1. The van der Waals surface area contributed by atoms with Crippen molar-refractivity contribution in [3.63, 3.8) is 0 Å². The van der Waals surface area contributed by atoms with E-state index in [4.69, 9.17) is 5.11 Å². The van der Waals surface area contributed by atoms with Gasteiger partial charge in [0.25, 0.3) is 0 Å². The van der Waals surface area contributed by atoms with E-state index >= 15 is 0 Å². The fourth-order valence-electron chi connectivity index (χ4n) is 2.62. The highest BCUT2D eigenvalue weighted by atomic mass is 16.3. The molecule has 0 unspecified atom stereocenters. The Balaban J connectivity index is 1.92. The fourth-order valence-corrected chi connectivity index (χ4v) is 2.62. The first-order valence-corrected chi connectivity index (χ1v) is 7.67. The molecule has 22 heavy (non-hydrogen) atoms. The summed E-state index contributed by atoms with van der Waals surface area (Å²) in [5, 5.41) is 17.4. The summed E-state index contributed by atoms with van der Waals surface area (Å²) in [5.74, 6) is 1.54. The van der Waals surface area contributed by atoms with Gasteiger partial charge in [-0.15, -0.1) is 0 Å². The van der Waals surface area contributed by atoms with E-state index in [0.29, 0.717) is 18.9 Å². The van der Waals surface area contributed by atoms with Crippen LogP contribution in [0.5, 0.6) is 0 Å². The lowest BCUT2D eigenvalue weighted by molar-refractivity contribution is 0.292. The van der Waals surface area contributed by atoms with E-state index in [0.717, 1.165) is 43.0 Å². The minimum atomic E-state index is 0.159. The lowest BCUT2D eigenvalue weighted by atomic mass is 10.3. The second kappa shape index (κ2) is 6.45. The van der Waals surface area contributed by atoms with Crippen LogP contribution in [0.15, 0.2) is 6.20 Å². The minimum Gasteiger partial charge on any atom is -0.396 e. The van der Waals surface area contributed by atoms with E-state index < -0.39 is 0 Å². The van der Waals surface area contributed by atoms with Crippen LogP contribution in [0.1, 0.15) is 6.42 Å². The molecule has 0 saturated carbocycles. The molecule has 120 valence electrons. The molecule has 8 nitrogen and oxygen atoms in total. The van der Waals surface area contributed by atoms with Crippen LogP contribution in [0.4, 0.5) is 11.8 Å². The number of nitrogens with zero attached hydrogens (tertiary/aromatic N) is 6. The maximum Gasteiger partial charge on any atom is 0.226 e. The van der Waals surface area contributed by atoms with Gasteiger partial charge in [-0.25, -0.2) is 0 Å². The highest BCUT2D eigenvalue weighted by molar-refractivity contribution is 5.88. The Hall–Kier alpha value is -1.93. The summed E-state index contributed by atoms with van der Waals surface area (Å²) in [5.41, 5.74) is 0.829. The summed E-state index contributed by atoms with van der Waals surface area (Å²) in [6, 6.07) is 0. The van der Waals surface area contributed by atoms with Gasteiger partial charge in [-0.1, -0.05) is 0 Å². The predicted molar refractivity (Wildman–Crippen MR) is 86.2 cm³/mol. The number of rotatable bonds is 5. The largest absolute Gasteiger partial charge is 0.396 e. The predicted octanol–water partition coefficient (Wildman–Crippen LogP) is -0.0906. The summed E-state index contributed by atoms with van der Waals surface area (Å²) >= 11 is 0. The third-order valence-corrected chi connectivity index (χ3v) is 3.99. The van der Waals surface area contributed by atoms with Crippen molar-refractivity contribution < 1.29 is 5.11 Å². The van der Waals surface area contributed by atoms with Crippen LogP contribution in [0.2, 0.25) is 0 Å². The first-order valence-electron chi connectivity index (χ1n) is 7.67. The van der Waals surface area contributed by atoms with Gasteiger partial charge in [0, 0.05) is 46.4 Å². The van der Waals surface area contributed by atoms with Crippen LogP contribution in [-0.4, -0.2) is 76.1 Å². The zero-order valence-electron chi connectivity index (χ0n) is 13.2. The lowest BCUT2D eigenvalue weighted by Gasteiger charge is -2.33. The molecule has 2 aromatic rings. The number of fused-ring (bicyclic) bond motifs is 1. The molecule has 3 rings (SSSR count). The standard InChI is InChI=1S/C14H23N7O/c1-19-5-7-21(8-6-19)13-11-10-16-20(2)12(11)17-14(18-13)15-4-3-9-22/h10,22H,3-9H2,1-2H3,(H,15,17,18). The first kappa shape index (κ1) is 15.0. The quantitative estimate of drug-likeness (QED) is 0.747. The SMILES string of the molecule is CN1CCN(c2nc(NCCCO)nc3c2cnn3C)CC1. The van der Waals surface area contributed by atoms with Crippen LogP contribution in [0.3, 0.4) is 0 Å². The zero-order chi connectivity index (χ0) is 15.5. The van der Waals surface area contributed by atoms with E-state index in [9.17, 15) is 0 Å². The van der Waals surface area contributed by atoms with Crippen molar-refractivity contribution in [2.75, 3.05) is 56.6 Å². The van der Waals surface area contributed by atoms with Gasteiger partial charge in [-0.3, -0.25) is 4.68 Å². The molecule has 1 aliphatic rings. The fraction of sp³-hybridized carbons (Fsp3) is 0.643. The minimum absolute atomic E-state index is 0.159. The molecular formula is C14H23N7O. The summed E-state index contributed by atoms with van der Waals surface area (Å²) < 4.78 is 1.77. The van der Waals surface area contributed by atoms with E-state index in [1.54, 1.807) is 4.68 Å². The van der Waals surface area contributed by atoms with Gasteiger partial charge < -0.3 is 20.2 Å². The smallest absolute Gasteiger partial charge is 0.226 e. The monoisotopic (exact) mass is 305 g/mol. The molecule has 8 heteroatoms. The molecule has 0 atom stereocenters. The zero-order valence-corrected chi connectivity index (χ0v) is 13.2. The number of anilines is 2. The van der Waals surface area contributed by atoms with Crippen LogP contribution in [0, 0.1) is 0 Å². The van der Waals surface area contributed by atoms with Gasteiger partial charge in [-0.2, -0.15) is 15.1 Å². The number of likely N-dealkylation sites (N-methyl/N-ethyl adjacent to an activating group) is 1. The maximum atomic E-state index is 8.90. The Morgan fingerprint density at radius 1 is 1.18 bits per heavy atom. The number of nitrogens with one attached hydrogen (secondary N) is 1. The number of piperazine rings is 1. The Morgan fingerprint density at radius 2 is 1.95 bits per heavy atom. The molecule has 0 bridgehead atoms. The summed E-state index contributed by atoms with van der Waals surface area (Å²) in [7, 11) is 4.03. The van der Waals surface area contributed by atoms with Crippen LogP contribution < -0.4 is 10.2 Å². The van der Waals surface area contributed by atoms with Gasteiger partial charge in [0.15, 0.2) is 5.65 Å². The Morgan fingerprint density at radius 3 is 2.68 bits per heavy atom. The summed E-state index contributed by atoms with van der Waals surface area (Å²) in [4.78, 5) is 13.8. The van der Waals surface area contributed by atoms with Gasteiger partial charge in [0.2, 0.25) is 5.95 Å². The first-order chi connectivity index (χ1) is 10.7. The van der Waals surface area contributed by atoms with Crippen molar-refractivity contribution in [2.24, 2.45) is 7.05 Å². The molecule has 0 amide bonds. The topological polar surface area (TPSA) is 82.3 Å². The third kappa shape index (κ3) is 2.97. The van der Waals surface area contributed by atoms with Gasteiger partial charge in [-0.05, 0) is 13.5 Å². The maximum absolute atomic E-state index is 8.90. The van der Waals surface area contributed by atoms with Crippen molar-refractivity contribution in [3.05, 3.63) is 6.20 Å². The van der Waals surface area contributed by atoms with Crippen molar-refractivity contribution in [1.82, 2.24) is 24.6 Å². The average molecular weight is 305 g/mol. The second-order valence-corrected chi connectivity index (χ2v) is 5.67. The highest BCUT2D eigenvalue weighted by Gasteiger charge is 2.20. The highest BCUT2D eigenvalue weighted by Crippen LogP contribution is 2.25. The Labute approximate surface area is 129 Å². The molecule has 0 radical (unpaired) electrons. The van der Waals surface area contributed by atoms with E-state index in [-0.39, 0.29) is 6.61 Å². The molecule has 1 fully saturated rings. The second-order valence-electron chi connectivity index (χ2n) is 5.67. The molecule has 1 aliphatic heterocycles. The number of hydrogen-bond acceptors (Lipinski definition) is 7. The van der Waals surface area contributed by atoms with Crippen molar-refractivity contribution in [1.29, 1.82) is 0 Å². The summed E-state index contributed by atoms with van der Waals surface area (Å²) in [6.45, 7) is 4.77. The molecule has 3 heterocycles. The molecule has 2 N–H and O–H groups in total. The average Bonchev–Trinajstić information content (AvgIpc) is 2.89. The van der Waals surface area contributed by atoms with E-state index in [2.05, 4.69) is 37.2 Å². The molecule has 1 saturated heterocycles. The number of aliphatic hydroxyl groups is 1. The molecule has 2 aromatic heterocycles. The van der Waals surface area contributed by atoms with Gasteiger partial charge >= 0.3 is 0 Å². The molecule has 0 spiro atoms. The Kier molecular flexibility index (Phi) is 4.39. The van der Waals surface area contributed by atoms with E-state index in [1.807, 2.05) is 13.2 Å². The van der Waals surface area contributed by atoms with Crippen LogP contribution in [0.25, 0.3) is 11.0 Å². The van der Waals surface area contributed by atoms with E-state index in [1.165, 1.54) is 0 Å². The summed E-state index contributed by atoms with van der Waals surface area (Å²) in [6.07, 6.45) is 2.51. The number of aromatic nitrogens is 4. The molecular weight excluding hydrogens is 282 g/mol. The normalized spacial score (nSPS) is 16.4. The Bertz CT molecular complexity index is 633. The van der Waals surface area contributed by atoms with Gasteiger partial charge in [0.1, 0.15) is 5.82 Å². The van der Waals surface area contributed by atoms with Crippen LogP contribution >= 0.6 is 0 Å². The van der Waals surface area contributed by atoms with Crippen molar-refractivity contribution >= 4 is 22.8 Å².